The fourth-order valence-electron chi connectivity index (χ4n) is 2.63. The van der Waals surface area contributed by atoms with E-state index in [0.717, 1.165) is 42.9 Å². The minimum Gasteiger partial charge on any atom is -0.474 e. The zero-order valence-corrected chi connectivity index (χ0v) is 14.6. The lowest BCUT2D eigenvalue weighted by molar-refractivity contribution is 0.230. The normalized spacial score (nSPS) is 14.4. The van der Waals surface area contributed by atoms with Crippen LogP contribution in [-0.4, -0.2) is 47.8 Å². The van der Waals surface area contributed by atoms with Crippen molar-refractivity contribution in [2.24, 2.45) is 0 Å². The first-order valence-electron chi connectivity index (χ1n) is 8.25. The van der Waals surface area contributed by atoms with Crippen molar-refractivity contribution >= 4 is 22.4 Å². The van der Waals surface area contributed by atoms with Crippen LogP contribution in [0.15, 0.2) is 41.1 Å². The Labute approximate surface area is 150 Å². The number of benzene rings is 1. The summed E-state index contributed by atoms with van der Waals surface area (Å²) in [4.78, 5) is 11.5. The van der Waals surface area contributed by atoms with Gasteiger partial charge in [0.05, 0.1) is 0 Å². The summed E-state index contributed by atoms with van der Waals surface area (Å²) in [5.41, 5.74) is 3.25. The molecule has 2 aromatic heterocycles. The lowest BCUT2D eigenvalue weighted by Gasteiger charge is -2.14. The molecule has 0 amide bonds. The van der Waals surface area contributed by atoms with E-state index in [0.29, 0.717) is 18.2 Å². The van der Waals surface area contributed by atoms with Crippen LogP contribution in [0.1, 0.15) is 11.3 Å². The first-order valence-corrected chi connectivity index (χ1v) is 9.20. The van der Waals surface area contributed by atoms with Gasteiger partial charge in [-0.15, -0.1) is 11.3 Å². The molecule has 0 bridgehead atoms. The SMILES string of the molecule is C(#Cc1nc2cscc2nc1OCCN1CCNC1)c1ccccc1. The van der Waals surface area contributed by atoms with Crippen molar-refractivity contribution in [3.63, 3.8) is 0 Å². The second kappa shape index (κ2) is 7.62. The lowest BCUT2D eigenvalue weighted by Crippen LogP contribution is -2.27. The summed E-state index contributed by atoms with van der Waals surface area (Å²) < 4.78 is 5.92. The molecule has 3 aromatic rings. The summed E-state index contributed by atoms with van der Waals surface area (Å²) in [6.07, 6.45) is 0. The molecule has 126 valence electrons. The first kappa shape index (κ1) is 16.0. The van der Waals surface area contributed by atoms with Crippen molar-refractivity contribution in [2.45, 2.75) is 0 Å². The predicted molar refractivity (Wildman–Crippen MR) is 99.8 cm³/mol. The highest BCUT2D eigenvalue weighted by molar-refractivity contribution is 7.09. The summed E-state index contributed by atoms with van der Waals surface area (Å²) >= 11 is 1.58. The number of hydrogen-bond acceptors (Lipinski definition) is 6. The molecule has 1 aromatic carbocycles. The Morgan fingerprint density at radius 3 is 2.76 bits per heavy atom. The fourth-order valence-corrected chi connectivity index (χ4v) is 3.30. The molecule has 1 N–H and O–H groups in total. The molecule has 0 saturated carbocycles. The van der Waals surface area contributed by atoms with Gasteiger partial charge in [-0.1, -0.05) is 24.1 Å². The van der Waals surface area contributed by atoms with Crippen molar-refractivity contribution in [1.82, 2.24) is 20.2 Å². The van der Waals surface area contributed by atoms with E-state index in [1.807, 2.05) is 41.1 Å². The number of fused-ring (bicyclic) bond motifs is 1. The van der Waals surface area contributed by atoms with Crippen LogP contribution in [0.4, 0.5) is 0 Å². The lowest BCUT2D eigenvalue weighted by atomic mass is 10.2. The van der Waals surface area contributed by atoms with E-state index in [9.17, 15) is 0 Å². The Kier molecular flexibility index (Phi) is 4.89. The van der Waals surface area contributed by atoms with Gasteiger partial charge in [0, 0.05) is 42.6 Å². The zero-order chi connectivity index (χ0) is 16.9. The minimum atomic E-state index is 0.515. The quantitative estimate of drug-likeness (QED) is 0.732. The van der Waals surface area contributed by atoms with Crippen molar-refractivity contribution in [2.75, 3.05) is 32.9 Å². The van der Waals surface area contributed by atoms with Gasteiger partial charge in [-0.3, -0.25) is 4.90 Å². The Hall–Kier alpha value is -2.46. The summed E-state index contributed by atoms with van der Waals surface area (Å²) in [5.74, 6) is 6.78. The van der Waals surface area contributed by atoms with Gasteiger partial charge in [0.2, 0.25) is 5.88 Å². The third-order valence-electron chi connectivity index (χ3n) is 3.96. The molecule has 0 atom stereocenters. The van der Waals surface area contributed by atoms with Crippen LogP contribution in [0.5, 0.6) is 5.88 Å². The highest BCUT2D eigenvalue weighted by atomic mass is 32.1. The maximum Gasteiger partial charge on any atom is 0.249 e. The molecule has 1 fully saturated rings. The van der Waals surface area contributed by atoms with Crippen LogP contribution in [0.2, 0.25) is 0 Å². The van der Waals surface area contributed by atoms with E-state index in [1.54, 1.807) is 11.3 Å². The van der Waals surface area contributed by atoms with Crippen LogP contribution in [0, 0.1) is 11.8 Å². The number of ether oxygens (including phenoxy) is 1. The van der Waals surface area contributed by atoms with Gasteiger partial charge in [-0.2, -0.15) is 0 Å². The number of aromatic nitrogens is 2. The average Bonchev–Trinajstić information content (AvgIpc) is 3.32. The largest absolute Gasteiger partial charge is 0.474 e. The molecule has 1 aliphatic rings. The van der Waals surface area contributed by atoms with Gasteiger partial charge in [-0.05, 0) is 18.1 Å². The number of hydrogen-bond donors (Lipinski definition) is 1. The average molecular weight is 350 g/mol. The summed E-state index contributed by atoms with van der Waals surface area (Å²) in [5, 5.41) is 7.27. The number of nitrogens with one attached hydrogen (secondary N) is 1. The molecule has 5 nitrogen and oxygen atoms in total. The molecule has 1 aliphatic heterocycles. The Morgan fingerprint density at radius 2 is 1.96 bits per heavy atom. The first-order chi connectivity index (χ1) is 12.4. The maximum absolute atomic E-state index is 5.92. The highest BCUT2D eigenvalue weighted by Gasteiger charge is 2.13. The third kappa shape index (κ3) is 3.97. The Bertz CT molecular complexity index is 907. The van der Waals surface area contributed by atoms with E-state index >= 15 is 0 Å². The smallest absolute Gasteiger partial charge is 0.249 e. The summed E-state index contributed by atoms with van der Waals surface area (Å²) in [6.45, 7) is 4.45. The number of nitrogens with zero attached hydrogens (tertiary/aromatic N) is 3. The van der Waals surface area contributed by atoms with E-state index in [4.69, 9.17) is 4.74 Å². The number of thiophene rings is 1. The molecule has 1 saturated heterocycles. The van der Waals surface area contributed by atoms with Gasteiger partial charge in [0.25, 0.3) is 0 Å². The molecular weight excluding hydrogens is 332 g/mol. The van der Waals surface area contributed by atoms with E-state index in [1.165, 1.54) is 0 Å². The summed E-state index contributed by atoms with van der Waals surface area (Å²) in [6, 6.07) is 9.87. The molecule has 4 rings (SSSR count). The Balaban J connectivity index is 1.56. The third-order valence-corrected chi connectivity index (χ3v) is 4.68. The van der Waals surface area contributed by atoms with Crippen LogP contribution < -0.4 is 10.1 Å². The minimum absolute atomic E-state index is 0.515. The van der Waals surface area contributed by atoms with E-state index in [2.05, 4.69) is 32.0 Å². The van der Waals surface area contributed by atoms with Crippen LogP contribution in [0.3, 0.4) is 0 Å². The highest BCUT2D eigenvalue weighted by Crippen LogP contribution is 2.21. The molecule has 0 aliphatic carbocycles. The van der Waals surface area contributed by atoms with Crippen LogP contribution in [-0.2, 0) is 0 Å². The standard InChI is InChI=1S/C19H18N4OS/c1-2-4-15(5-3-1)6-7-16-19(22-18-13-25-12-17(18)21-16)24-11-10-23-9-8-20-14-23/h1-5,12-13,20H,8-11,14H2. The van der Waals surface area contributed by atoms with E-state index < -0.39 is 0 Å². The molecule has 25 heavy (non-hydrogen) atoms. The second-order valence-electron chi connectivity index (χ2n) is 5.76. The zero-order valence-electron chi connectivity index (χ0n) is 13.7. The van der Waals surface area contributed by atoms with Crippen LogP contribution >= 0.6 is 11.3 Å². The van der Waals surface area contributed by atoms with Crippen LogP contribution in [0.25, 0.3) is 11.0 Å². The van der Waals surface area contributed by atoms with Gasteiger partial charge in [-0.25, -0.2) is 9.97 Å². The van der Waals surface area contributed by atoms with Crippen molar-refractivity contribution in [3.05, 3.63) is 52.3 Å². The topological polar surface area (TPSA) is 50.3 Å². The second-order valence-corrected chi connectivity index (χ2v) is 6.50. The van der Waals surface area contributed by atoms with Gasteiger partial charge >= 0.3 is 0 Å². The van der Waals surface area contributed by atoms with Gasteiger partial charge in [0.15, 0.2) is 5.69 Å². The monoisotopic (exact) mass is 350 g/mol. The summed E-state index contributed by atoms with van der Waals surface area (Å²) in [7, 11) is 0. The molecule has 0 spiro atoms. The van der Waals surface area contributed by atoms with Crippen molar-refractivity contribution in [3.8, 4) is 17.7 Å². The predicted octanol–water partition coefficient (Wildman–Crippen LogP) is 2.33. The Morgan fingerprint density at radius 1 is 1.12 bits per heavy atom. The molecular formula is C19H18N4OS. The van der Waals surface area contributed by atoms with Crippen molar-refractivity contribution < 1.29 is 4.74 Å². The fraction of sp³-hybridized carbons (Fsp3) is 0.263. The molecule has 3 heterocycles. The molecule has 6 heteroatoms. The van der Waals surface area contributed by atoms with Crippen molar-refractivity contribution in [1.29, 1.82) is 0 Å². The molecule has 0 radical (unpaired) electrons. The van der Waals surface area contributed by atoms with E-state index in [-0.39, 0.29) is 0 Å². The molecule has 0 unspecified atom stereocenters. The van der Waals surface area contributed by atoms with Gasteiger partial charge in [0.1, 0.15) is 17.6 Å². The number of rotatable bonds is 4. The van der Waals surface area contributed by atoms with Gasteiger partial charge < -0.3 is 10.1 Å². The maximum atomic E-state index is 5.92.